The summed E-state index contributed by atoms with van der Waals surface area (Å²) in [7, 11) is 0. The van der Waals surface area contributed by atoms with Crippen LogP contribution in [0, 0.1) is 11.8 Å². The molecule has 2 fully saturated rings. The first-order valence-corrected chi connectivity index (χ1v) is 8.71. The standard InChI is InChI=1S/C17H24Cl2N2/c1-11(2)16-10-21(17(8-20-16)12-3-4-12)9-13-5-6-14(18)7-15(13)19/h5-7,11-12,16-17,20H,3-4,8-10H2,1-2H3. The molecule has 0 radical (unpaired) electrons. The molecule has 4 heteroatoms. The van der Waals surface area contributed by atoms with Gasteiger partial charge < -0.3 is 5.32 Å². The summed E-state index contributed by atoms with van der Waals surface area (Å²) in [6, 6.07) is 7.10. The fraction of sp³-hybridized carbons (Fsp3) is 0.647. The molecule has 116 valence electrons. The van der Waals surface area contributed by atoms with Crippen molar-refractivity contribution < 1.29 is 0 Å². The molecule has 1 aromatic carbocycles. The number of rotatable bonds is 4. The molecule has 2 nitrogen and oxygen atoms in total. The van der Waals surface area contributed by atoms with Gasteiger partial charge in [-0.2, -0.15) is 0 Å². The lowest BCUT2D eigenvalue weighted by Gasteiger charge is -2.42. The molecule has 1 heterocycles. The highest BCUT2D eigenvalue weighted by Crippen LogP contribution is 2.37. The number of benzene rings is 1. The van der Waals surface area contributed by atoms with Crippen LogP contribution in [0.2, 0.25) is 10.0 Å². The van der Waals surface area contributed by atoms with Crippen LogP contribution in [0.3, 0.4) is 0 Å². The van der Waals surface area contributed by atoms with Gasteiger partial charge in [-0.25, -0.2) is 0 Å². The molecule has 1 aliphatic heterocycles. The smallest absolute Gasteiger partial charge is 0.0465 e. The minimum atomic E-state index is 0.575. The van der Waals surface area contributed by atoms with Crippen molar-refractivity contribution in [3.63, 3.8) is 0 Å². The Morgan fingerprint density at radius 2 is 2.05 bits per heavy atom. The first kappa shape index (κ1) is 15.6. The van der Waals surface area contributed by atoms with Crippen molar-refractivity contribution in [1.29, 1.82) is 0 Å². The molecule has 0 bridgehead atoms. The average molecular weight is 327 g/mol. The van der Waals surface area contributed by atoms with E-state index in [0.29, 0.717) is 23.0 Å². The molecule has 1 N–H and O–H groups in total. The second kappa shape index (κ2) is 6.45. The van der Waals surface area contributed by atoms with E-state index in [1.807, 2.05) is 12.1 Å². The summed E-state index contributed by atoms with van der Waals surface area (Å²) in [5, 5.41) is 5.23. The maximum Gasteiger partial charge on any atom is 0.0465 e. The Kier molecular flexibility index (Phi) is 4.80. The Hall–Kier alpha value is -0.280. The second-order valence-corrected chi connectivity index (χ2v) is 7.67. The third-order valence-electron chi connectivity index (χ3n) is 4.85. The van der Waals surface area contributed by atoms with Gasteiger partial charge in [0.2, 0.25) is 0 Å². The molecule has 2 unspecified atom stereocenters. The molecule has 1 saturated heterocycles. The summed E-state index contributed by atoms with van der Waals surface area (Å²) in [4.78, 5) is 2.63. The molecule has 21 heavy (non-hydrogen) atoms. The van der Waals surface area contributed by atoms with Crippen LogP contribution in [0.4, 0.5) is 0 Å². The van der Waals surface area contributed by atoms with Crippen molar-refractivity contribution in [2.45, 2.75) is 45.3 Å². The van der Waals surface area contributed by atoms with E-state index in [1.54, 1.807) is 0 Å². The predicted molar refractivity (Wildman–Crippen MR) is 90.0 cm³/mol. The topological polar surface area (TPSA) is 15.3 Å². The summed E-state index contributed by atoms with van der Waals surface area (Å²) in [6.45, 7) is 7.74. The van der Waals surface area contributed by atoms with Crippen molar-refractivity contribution in [1.82, 2.24) is 10.2 Å². The second-order valence-electron chi connectivity index (χ2n) is 6.83. The van der Waals surface area contributed by atoms with Crippen LogP contribution >= 0.6 is 23.2 Å². The largest absolute Gasteiger partial charge is 0.311 e. The molecule has 0 amide bonds. The highest BCUT2D eigenvalue weighted by Gasteiger charge is 2.39. The molecule has 3 rings (SSSR count). The quantitative estimate of drug-likeness (QED) is 0.891. The van der Waals surface area contributed by atoms with Gasteiger partial charge in [-0.1, -0.05) is 43.1 Å². The van der Waals surface area contributed by atoms with Crippen LogP contribution < -0.4 is 5.32 Å². The minimum Gasteiger partial charge on any atom is -0.311 e. The molecular weight excluding hydrogens is 303 g/mol. The van der Waals surface area contributed by atoms with E-state index in [0.717, 1.165) is 30.6 Å². The number of nitrogens with one attached hydrogen (secondary N) is 1. The Morgan fingerprint density at radius 1 is 1.29 bits per heavy atom. The van der Waals surface area contributed by atoms with Crippen molar-refractivity contribution in [2.75, 3.05) is 13.1 Å². The van der Waals surface area contributed by atoms with Crippen molar-refractivity contribution >= 4 is 23.2 Å². The van der Waals surface area contributed by atoms with Gasteiger partial charge in [-0.15, -0.1) is 0 Å². The van der Waals surface area contributed by atoms with Gasteiger partial charge in [0.15, 0.2) is 0 Å². The maximum absolute atomic E-state index is 6.36. The van der Waals surface area contributed by atoms with Gasteiger partial charge in [0, 0.05) is 41.8 Å². The van der Waals surface area contributed by atoms with E-state index >= 15 is 0 Å². The monoisotopic (exact) mass is 326 g/mol. The van der Waals surface area contributed by atoms with Gasteiger partial charge in [-0.05, 0) is 42.4 Å². The maximum atomic E-state index is 6.36. The van der Waals surface area contributed by atoms with Gasteiger partial charge in [0.05, 0.1) is 0 Å². The lowest BCUT2D eigenvalue weighted by atomic mass is 9.97. The molecule has 0 aromatic heterocycles. The molecule has 0 spiro atoms. The van der Waals surface area contributed by atoms with E-state index in [-0.39, 0.29) is 0 Å². The van der Waals surface area contributed by atoms with Gasteiger partial charge >= 0.3 is 0 Å². The fourth-order valence-corrected chi connectivity index (χ4v) is 3.76. The van der Waals surface area contributed by atoms with Crippen molar-refractivity contribution in [3.05, 3.63) is 33.8 Å². The SMILES string of the molecule is CC(C)C1CN(Cc2ccc(Cl)cc2Cl)C(C2CC2)CN1. The van der Waals surface area contributed by atoms with Crippen LogP contribution in [0.5, 0.6) is 0 Å². The van der Waals surface area contributed by atoms with E-state index in [2.05, 4.69) is 30.1 Å². The number of halogens is 2. The van der Waals surface area contributed by atoms with E-state index in [1.165, 1.54) is 18.4 Å². The number of nitrogens with zero attached hydrogens (tertiary/aromatic N) is 1. The van der Waals surface area contributed by atoms with Crippen LogP contribution in [-0.2, 0) is 6.54 Å². The zero-order chi connectivity index (χ0) is 15.0. The number of piperazine rings is 1. The highest BCUT2D eigenvalue weighted by molar-refractivity contribution is 6.35. The molecule has 2 atom stereocenters. The summed E-state index contributed by atoms with van der Waals surface area (Å²) in [5.41, 5.74) is 1.19. The lowest BCUT2D eigenvalue weighted by Crippen LogP contribution is -2.58. The van der Waals surface area contributed by atoms with Crippen LogP contribution in [0.25, 0.3) is 0 Å². The Morgan fingerprint density at radius 3 is 2.67 bits per heavy atom. The Labute approximate surface area is 137 Å². The normalized spacial score (nSPS) is 27.3. The van der Waals surface area contributed by atoms with Gasteiger partial charge in [0.1, 0.15) is 0 Å². The minimum absolute atomic E-state index is 0.575. The van der Waals surface area contributed by atoms with E-state index in [4.69, 9.17) is 23.2 Å². The average Bonchev–Trinajstić information content (AvgIpc) is 3.26. The van der Waals surface area contributed by atoms with Crippen molar-refractivity contribution in [3.8, 4) is 0 Å². The zero-order valence-corrected chi connectivity index (χ0v) is 14.3. The highest BCUT2D eigenvalue weighted by atomic mass is 35.5. The Bertz CT molecular complexity index is 500. The van der Waals surface area contributed by atoms with Gasteiger partial charge in [0.25, 0.3) is 0 Å². The Balaban J connectivity index is 1.75. The number of hydrogen-bond acceptors (Lipinski definition) is 2. The fourth-order valence-electron chi connectivity index (χ4n) is 3.30. The molecule has 2 aliphatic rings. The predicted octanol–water partition coefficient (Wildman–Crippen LogP) is 4.20. The number of hydrogen-bond donors (Lipinski definition) is 1. The molecule has 1 aromatic rings. The summed E-state index contributed by atoms with van der Waals surface area (Å²) in [6.07, 6.45) is 2.76. The van der Waals surface area contributed by atoms with E-state index < -0.39 is 0 Å². The molecule has 1 saturated carbocycles. The molecular formula is C17H24Cl2N2. The van der Waals surface area contributed by atoms with Crippen LogP contribution in [-0.4, -0.2) is 30.1 Å². The molecule has 1 aliphatic carbocycles. The van der Waals surface area contributed by atoms with Crippen molar-refractivity contribution in [2.24, 2.45) is 11.8 Å². The zero-order valence-electron chi connectivity index (χ0n) is 12.8. The lowest BCUT2D eigenvalue weighted by molar-refractivity contribution is 0.0927. The third kappa shape index (κ3) is 3.73. The summed E-state index contributed by atoms with van der Waals surface area (Å²) in [5.74, 6) is 1.53. The summed E-state index contributed by atoms with van der Waals surface area (Å²) < 4.78 is 0. The van der Waals surface area contributed by atoms with Crippen LogP contribution in [0.15, 0.2) is 18.2 Å². The van der Waals surface area contributed by atoms with E-state index in [9.17, 15) is 0 Å². The van der Waals surface area contributed by atoms with Crippen LogP contribution in [0.1, 0.15) is 32.3 Å². The first-order valence-electron chi connectivity index (χ1n) is 7.96. The van der Waals surface area contributed by atoms with Gasteiger partial charge in [-0.3, -0.25) is 4.90 Å². The first-order chi connectivity index (χ1) is 10.0. The summed E-state index contributed by atoms with van der Waals surface area (Å²) >= 11 is 12.4. The third-order valence-corrected chi connectivity index (χ3v) is 5.44.